The first kappa shape index (κ1) is 15.2. The van der Waals surface area contributed by atoms with Crippen molar-refractivity contribution < 1.29 is 0 Å². The summed E-state index contributed by atoms with van der Waals surface area (Å²) in [7, 11) is 0. The van der Waals surface area contributed by atoms with E-state index in [4.69, 9.17) is 28.5 Å². The van der Waals surface area contributed by atoms with E-state index in [0.29, 0.717) is 11.1 Å². The monoisotopic (exact) mass is 315 g/mol. The Morgan fingerprint density at radius 1 is 0.952 bits per heavy atom. The van der Waals surface area contributed by atoms with E-state index in [-0.39, 0.29) is 10.3 Å². The molecule has 2 aromatic carbocycles. The Hall–Kier alpha value is -2.15. The lowest BCUT2D eigenvalue weighted by Crippen LogP contribution is -1.95. The molecule has 0 atom stereocenters. The summed E-state index contributed by atoms with van der Waals surface area (Å²) in [6, 6.07) is 16.4. The Labute approximate surface area is 133 Å². The molecule has 0 unspecified atom stereocenters. The molecule has 0 aromatic heterocycles. The van der Waals surface area contributed by atoms with Crippen molar-refractivity contribution in [1.29, 1.82) is 5.26 Å². The normalized spacial score (nSPS) is 12.1. The topological polar surface area (TPSA) is 48.5 Å². The van der Waals surface area contributed by atoms with Crippen LogP contribution in [0.5, 0.6) is 0 Å². The van der Waals surface area contributed by atoms with Crippen LogP contribution in [0.3, 0.4) is 0 Å². The van der Waals surface area contributed by atoms with Crippen molar-refractivity contribution in [2.45, 2.75) is 6.92 Å². The van der Waals surface area contributed by atoms with Crippen molar-refractivity contribution in [3.63, 3.8) is 0 Å². The Morgan fingerprint density at radius 2 is 1.57 bits per heavy atom. The number of nitrogens with zero attached hydrogens (tertiary/aromatic N) is 3. The number of aryl methyl sites for hydroxylation is 1. The predicted octanol–water partition coefficient (Wildman–Crippen LogP) is 4.45. The second-order valence-corrected chi connectivity index (χ2v) is 5.00. The van der Waals surface area contributed by atoms with Crippen LogP contribution in [0.15, 0.2) is 58.7 Å². The lowest BCUT2D eigenvalue weighted by atomic mass is 10.1. The highest BCUT2D eigenvalue weighted by Gasteiger charge is 2.04. The maximum absolute atomic E-state index is 8.74. The maximum Gasteiger partial charge on any atom is 0.159 e. The second kappa shape index (κ2) is 7.03. The van der Waals surface area contributed by atoms with Crippen LogP contribution in [-0.2, 0) is 0 Å². The molecule has 0 aliphatic rings. The van der Waals surface area contributed by atoms with E-state index >= 15 is 0 Å². The smallest absolute Gasteiger partial charge is 0.159 e. The molecule has 2 rings (SSSR count). The van der Waals surface area contributed by atoms with Crippen LogP contribution < -0.4 is 0 Å². The zero-order chi connectivity index (χ0) is 15.2. The second-order valence-electron chi connectivity index (χ2n) is 4.29. The summed E-state index contributed by atoms with van der Waals surface area (Å²) >= 11 is 12.2. The van der Waals surface area contributed by atoms with Gasteiger partial charge in [0.15, 0.2) is 10.3 Å². The van der Waals surface area contributed by atoms with E-state index in [1.807, 2.05) is 37.3 Å². The van der Waals surface area contributed by atoms with Crippen molar-refractivity contribution in [1.82, 2.24) is 0 Å². The van der Waals surface area contributed by atoms with Gasteiger partial charge in [-0.05, 0) is 24.6 Å². The maximum atomic E-state index is 8.74. The minimum atomic E-state index is 0.214. The molecule has 0 heterocycles. The third-order valence-corrected chi connectivity index (χ3v) is 3.42. The third kappa shape index (κ3) is 3.91. The number of nitriles is 1. The van der Waals surface area contributed by atoms with Crippen molar-refractivity contribution >= 4 is 33.5 Å². The number of hydrogen-bond donors (Lipinski definition) is 0. The predicted molar refractivity (Wildman–Crippen MR) is 87.1 cm³/mol. The fourth-order valence-electron chi connectivity index (χ4n) is 1.69. The van der Waals surface area contributed by atoms with Crippen molar-refractivity contribution in [3.8, 4) is 6.07 Å². The number of benzene rings is 2. The molecule has 104 valence electrons. The number of hydrogen-bond acceptors (Lipinski definition) is 3. The summed E-state index contributed by atoms with van der Waals surface area (Å²) in [5.74, 6) is 0. The molecule has 0 radical (unpaired) electrons. The molecular weight excluding hydrogens is 305 g/mol. The first-order valence-electron chi connectivity index (χ1n) is 6.15. The molecule has 0 saturated carbocycles. The zero-order valence-corrected chi connectivity index (χ0v) is 12.7. The van der Waals surface area contributed by atoms with E-state index in [0.717, 1.165) is 11.1 Å². The van der Waals surface area contributed by atoms with Crippen LogP contribution in [0.2, 0.25) is 0 Å². The minimum Gasteiger partial charge on any atom is -0.192 e. The van der Waals surface area contributed by atoms with Crippen LogP contribution in [0, 0.1) is 18.3 Å². The molecule has 0 fully saturated rings. The van der Waals surface area contributed by atoms with Gasteiger partial charge in [0.25, 0.3) is 0 Å². The lowest BCUT2D eigenvalue weighted by Gasteiger charge is -2.01. The van der Waals surface area contributed by atoms with E-state index in [1.165, 1.54) is 0 Å². The fraction of sp³-hybridized carbons (Fsp3) is 0.0625. The van der Waals surface area contributed by atoms with Gasteiger partial charge < -0.3 is 0 Å². The zero-order valence-electron chi connectivity index (χ0n) is 11.2. The van der Waals surface area contributed by atoms with Crippen LogP contribution in [-0.4, -0.2) is 10.3 Å². The largest absolute Gasteiger partial charge is 0.192 e. The van der Waals surface area contributed by atoms with Crippen LogP contribution in [0.4, 0.5) is 0 Å². The van der Waals surface area contributed by atoms with Crippen LogP contribution >= 0.6 is 23.2 Å². The molecule has 0 amide bonds. The molecule has 0 aliphatic carbocycles. The SMILES string of the molecule is Cc1ccccc1C(Cl)=NN=C(Cl)c1ccc(C#N)cc1. The number of halogens is 2. The average molecular weight is 316 g/mol. The first-order chi connectivity index (χ1) is 10.1. The molecule has 5 heteroatoms. The highest BCUT2D eigenvalue weighted by Crippen LogP contribution is 2.13. The summed E-state index contributed by atoms with van der Waals surface area (Å²) < 4.78 is 0. The summed E-state index contributed by atoms with van der Waals surface area (Å²) in [6.07, 6.45) is 0. The van der Waals surface area contributed by atoms with E-state index < -0.39 is 0 Å². The molecule has 0 saturated heterocycles. The number of rotatable bonds is 3. The Balaban J connectivity index is 2.24. The van der Waals surface area contributed by atoms with Gasteiger partial charge in [0.2, 0.25) is 0 Å². The van der Waals surface area contributed by atoms with Gasteiger partial charge in [0, 0.05) is 11.1 Å². The van der Waals surface area contributed by atoms with Gasteiger partial charge in [-0.15, -0.1) is 10.2 Å². The van der Waals surface area contributed by atoms with E-state index in [1.54, 1.807) is 24.3 Å². The Bertz CT molecular complexity index is 741. The molecule has 0 aliphatic heterocycles. The molecule has 0 spiro atoms. The molecular formula is C16H11Cl2N3. The van der Waals surface area contributed by atoms with Crippen molar-refractivity contribution in [2.24, 2.45) is 10.2 Å². The summed E-state index contributed by atoms with van der Waals surface area (Å²) in [5, 5.41) is 17.1. The van der Waals surface area contributed by atoms with Gasteiger partial charge >= 0.3 is 0 Å². The quantitative estimate of drug-likeness (QED) is 0.609. The standard InChI is InChI=1S/C16H11Cl2N3/c1-11-4-2-3-5-14(11)16(18)21-20-15(17)13-8-6-12(10-19)7-9-13/h2-9H,1H3. The summed E-state index contributed by atoms with van der Waals surface area (Å²) in [6.45, 7) is 1.94. The third-order valence-electron chi connectivity index (χ3n) is 2.85. The van der Waals surface area contributed by atoms with E-state index in [2.05, 4.69) is 10.2 Å². The summed E-state index contributed by atoms with van der Waals surface area (Å²) in [4.78, 5) is 0. The van der Waals surface area contributed by atoms with Gasteiger partial charge in [-0.2, -0.15) is 5.26 Å². The molecule has 0 bridgehead atoms. The van der Waals surface area contributed by atoms with Gasteiger partial charge in [-0.1, -0.05) is 59.6 Å². The minimum absolute atomic E-state index is 0.214. The molecule has 3 nitrogen and oxygen atoms in total. The Morgan fingerprint density at radius 3 is 2.19 bits per heavy atom. The van der Waals surface area contributed by atoms with Gasteiger partial charge in [0.1, 0.15) is 0 Å². The molecule has 0 N–H and O–H groups in total. The highest BCUT2D eigenvalue weighted by molar-refractivity contribution is 6.71. The highest BCUT2D eigenvalue weighted by atomic mass is 35.5. The van der Waals surface area contributed by atoms with Crippen LogP contribution in [0.25, 0.3) is 0 Å². The van der Waals surface area contributed by atoms with E-state index in [9.17, 15) is 0 Å². The molecule has 21 heavy (non-hydrogen) atoms. The Kier molecular flexibility index (Phi) is 5.10. The van der Waals surface area contributed by atoms with Crippen LogP contribution in [0.1, 0.15) is 22.3 Å². The lowest BCUT2D eigenvalue weighted by molar-refractivity contribution is 1.25. The molecule has 2 aromatic rings. The van der Waals surface area contributed by atoms with Crippen molar-refractivity contribution in [3.05, 3.63) is 70.8 Å². The average Bonchev–Trinajstić information content (AvgIpc) is 2.52. The van der Waals surface area contributed by atoms with Gasteiger partial charge in [-0.25, -0.2) is 0 Å². The van der Waals surface area contributed by atoms with Gasteiger partial charge in [-0.3, -0.25) is 0 Å². The fourth-order valence-corrected chi connectivity index (χ4v) is 2.10. The van der Waals surface area contributed by atoms with Gasteiger partial charge in [0.05, 0.1) is 11.6 Å². The first-order valence-corrected chi connectivity index (χ1v) is 6.90. The summed E-state index contributed by atoms with van der Waals surface area (Å²) in [5.41, 5.74) is 3.06. The van der Waals surface area contributed by atoms with Crippen molar-refractivity contribution in [2.75, 3.05) is 0 Å².